The highest BCUT2D eigenvalue weighted by Gasteiger charge is 2.11. The molecule has 0 unspecified atom stereocenters. The van der Waals surface area contributed by atoms with Crippen LogP contribution in [0.4, 0.5) is 11.5 Å². The molecule has 0 fully saturated rings. The molecule has 0 aliphatic heterocycles. The number of hydrogen-bond acceptors (Lipinski definition) is 9. The third-order valence-electron chi connectivity index (χ3n) is 4.55. The molecule has 0 amide bonds. The van der Waals surface area contributed by atoms with Gasteiger partial charge in [0.15, 0.2) is 17.4 Å². The maximum atomic E-state index is 6.22. The van der Waals surface area contributed by atoms with Gasteiger partial charge in [-0.2, -0.15) is 4.98 Å². The van der Waals surface area contributed by atoms with Gasteiger partial charge < -0.3 is 20.1 Å². The van der Waals surface area contributed by atoms with E-state index in [0.29, 0.717) is 42.1 Å². The fourth-order valence-corrected chi connectivity index (χ4v) is 2.98. The third kappa shape index (κ3) is 6.27. The Hall–Kier alpha value is -3.43. The van der Waals surface area contributed by atoms with E-state index in [-0.39, 0.29) is 0 Å². The summed E-state index contributed by atoms with van der Waals surface area (Å²) in [5.41, 5.74) is 8.35. The van der Waals surface area contributed by atoms with Crippen LogP contribution in [0.1, 0.15) is 12.0 Å². The molecule has 3 rings (SSSR count). The average molecular weight is 424 g/mol. The summed E-state index contributed by atoms with van der Waals surface area (Å²) in [5, 5.41) is 1.49. The summed E-state index contributed by atoms with van der Waals surface area (Å²) in [5.74, 6) is 8.40. The minimum atomic E-state index is 0.408. The molecule has 164 valence electrons. The molecule has 0 atom stereocenters. The zero-order valence-electron chi connectivity index (χ0n) is 18.2. The highest BCUT2D eigenvalue weighted by atomic mass is 16.5. The minimum absolute atomic E-state index is 0.408. The number of nitrogen functional groups attached to an aromatic ring is 1. The van der Waals surface area contributed by atoms with Crippen molar-refractivity contribution in [1.29, 1.82) is 0 Å². The van der Waals surface area contributed by atoms with Crippen LogP contribution in [0, 0.1) is 0 Å². The van der Waals surface area contributed by atoms with E-state index in [1.807, 2.05) is 38.4 Å². The van der Waals surface area contributed by atoms with Crippen LogP contribution in [0.3, 0.4) is 0 Å². The van der Waals surface area contributed by atoms with E-state index < -0.39 is 0 Å². The third-order valence-corrected chi connectivity index (χ3v) is 4.55. The number of hydrogen-bond donors (Lipinski definition) is 2. The fourth-order valence-electron chi connectivity index (χ4n) is 2.98. The van der Waals surface area contributed by atoms with E-state index in [1.54, 1.807) is 31.6 Å². The number of methoxy groups -OCH3 is 1. The van der Waals surface area contributed by atoms with Gasteiger partial charge in [-0.3, -0.25) is 5.01 Å². The quantitative estimate of drug-likeness (QED) is 0.288. The van der Waals surface area contributed by atoms with Crippen molar-refractivity contribution in [2.45, 2.75) is 13.0 Å². The molecule has 9 nitrogen and oxygen atoms in total. The molecule has 0 aliphatic carbocycles. The van der Waals surface area contributed by atoms with E-state index in [9.17, 15) is 0 Å². The molecule has 0 aliphatic rings. The van der Waals surface area contributed by atoms with Crippen LogP contribution in [0.15, 0.2) is 48.8 Å². The summed E-state index contributed by atoms with van der Waals surface area (Å²) in [7, 11) is 5.63. The Bertz CT molecular complexity index is 980. The number of pyridine rings is 1. The molecule has 4 N–H and O–H groups in total. The summed E-state index contributed by atoms with van der Waals surface area (Å²) < 4.78 is 10.9. The first-order valence-electron chi connectivity index (χ1n) is 9.98. The molecule has 0 saturated carbocycles. The lowest BCUT2D eigenvalue weighted by atomic mass is 10.1. The summed E-state index contributed by atoms with van der Waals surface area (Å²) in [6.07, 6.45) is 4.33. The molecule has 3 aromatic rings. The monoisotopic (exact) mass is 423 g/mol. The molecule has 31 heavy (non-hydrogen) atoms. The van der Waals surface area contributed by atoms with Crippen molar-refractivity contribution < 1.29 is 9.47 Å². The molecule has 0 bridgehead atoms. The predicted octanol–water partition coefficient (Wildman–Crippen LogP) is 2.34. The smallest absolute Gasteiger partial charge is 0.215 e. The maximum absolute atomic E-state index is 6.22. The summed E-state index contributed by atoms with van der Waals surface area (Å²) in [6, 6.07) is 11.3. The van der Waals surface area contributed by atoms with Gasteiger partial charge in [0.1, 0.15) is 0 Å². The zero-order valence-corrected chi connectivity index (χ0v) is 18.2. The first kappa shape index (κ1) is 22.3. The Kier molecular flexibility index (Phi) is 7.58. The van der Waals surface area contributed by atoms with Crippen LogP contribution in [0.5, 0.6) is 11.6 Å². The van der Waals surface area contributed by atoms with E-state index in [0.717, 1.165) is 24.1 Å². The molecule has 0 spiro atoms. The zero-order chi connectivity index (χ0) is 22.2. The van der Waals surface area contributed by atoms with Crippen molar-refractivity contribution in [3.63, 3.8) is 0 Å². The lowest BCUT2D eigenvalue weighted by Crippen LogP contribution is -2.31. The molecular weight excluding hydrogens is 394 g/mol. The van der Waals surface area contributed by atoms with E-state index >= 15 is 0 Å². The minimum Gasteiger partial charge on any atom is -0.490 e. The largest absolute Gasteiger partial charge is 0.490 e. The van der Waals surface area contributed by atoms with Crippen LogP contribution in [-0.4, -0.2) is 54.2 Å². The van der Waals surface area contributed by atoms with Gasteiger partial charge in [-0.25, -0.2) is 15.8 Å². The Morgan fingerprint density at radius 3 is 2.55 bits per heavy atom. The second-order valence-electron chi connectivity index (χ2n) is 7.34. The van der Waals surface area contributed by atoms with E-state index in [2.05, 4.69) is 19.9 Å². The molecule has 9 heteroatoms. The molecule has 2 heterocycles. The van der Waals surface area contributed by atoms with Crippen molar-refractivity contribution in [1.82, 2.24) is 19.9 Å². The standard InChI is InChI=1S/C22H29N7O2/c1-28(2)10-5-11-31-18-13-25-21(26-14-18)17-7-4-6-16(12-17)15-29(24)22-19(23)8-9-20(27-22)30-3/h4,6-9,12-14H,5,10-11,15,23-24H2,1-3H3. The number of nitrogens with two attached hydrogens (primary N) is 2. The number of aromatic nitrogens is 3. The fraction of sp³-hybridized carbons (Fsp3) is 0.318. The predicted molar refractivity (Wildman–Crippen MR) is 122 cm³/mol. The van der Waals surface area contributed by atoms with Crippen molar-refractivity contribution >= 4 is 11.5 Å². The SMILES string of the molecule is COc1ccc(N)c(N(N)Cc2cccc(-c3ncc(OCCCN(C)C)cn3)c2)n1. The average Bonchev–Trinajstić information content (AvgIpc) is 2.77. The van der Waals surface area contributed by atoms with Gasteiger partial charge in [-0.15, -0.1) is 0 Å². The van der Waals surface area contributed by atoms with E-state index in [1.165, 1.54) is 5.01 Å². The van der Waals surface area contributed by atoms with E-state index in [4.69, 9.17) is 21.1 Å². The molecule has 0 saturated heterocycles. The highest BCUT2D eigenvalue weighted by molar-refractivity contribution is 5.63. The van der Waals surface area contributed by atoms with Crippen LogP contribution in [-0.2, 0) is 6.54 Å². The summed E-state index contributed by atoms with van der Waals surface area (Å²) >= 11 is 0. The van der Waals surface area contributed by atoms with Gasteiger partial charge in [0.25, 0.3) is 0 Å². The van der Waals surface area contributed by atoms with Crippen LogP contribution < -0.4 is 26.1 Å². The summed E-state index contributed by atoms with van der Waals surface area (Å²) in [6.45, 7) is 2.01. The second kappa shape index (κ2) is 10.6. The van der Waals surface area contributed by atoms with Crippen LogP contribution in [0.2, 0.25) is 0 Å². The number of rotatable bonds is 10. The number of ether oxygens (including phenoxy) is 2. The lowest BCUT2D eigenvalue weighted by molar-refractivity contribution is 0.280. The molecule has 0 radical (unpaired) electrons. The first-order chi connectivity index (χ1) is 15.0. The van der Waals surface area contributed by atoms with Gasteiger partial charge >= 0.3 is 0 Å². The van der Waals surface area contributed by atoms with Gasteiger partial charge in [0, 0.05) is 18.2 Å². The molecule has 1 aromatic carbocycles. The normalized spacial score (nSPS) is 10.9. The van der Waals surface area contributed by atoms with Crippen molar-refractivity contribution in [3.05, 3.63) is 54.4 Å². The van der Waals surface area contributed by atoms with Gasteiger partial charge in [-0.1, -0.05) is 18.2 Å². The summed E-state index contributed by atoms with van der Waals surface area (Å²) in [4.78, 5) is 15.3. The Labute approximate surface area is 182 Å². The number of hydrazine groups is 1. The Balaban J connectivity index is 1.66. The lowest BCUT2D eigenvalue weighted by Gasteiger charge is -2.20. The number of anilines is 2. The maximum Gasteiger partial charge on any atom is 0.215 e. The van der Waals surface area contributed by atoms with Crippen molar-refractivity contribution in [2.75, 3.05) is 45.1 Å². The highest BCUT2D eigenvalue weighted by Crippen LogP contribution is 2.24. The first-order valence-corrected chi connectivity index (χ1v) is 9.98. The number of benzene rings is 1. The Morgan fingerprint density at radius 2 is 1.84 bits per heavy atom. The van der Waals surface area contributed by atoms with Crippen molar-refractivity contribution in [2.24, 2.45) is 5.84 Å². The topological polar surface area (TPSA) is 116 Å². The van der Waals surface area contributed by atoms with Crippen molar-refractivity contribution in [3.8, 4) is 23.0 Å². The van der Waals surface area contributed by atoms with Crippen LogP contribution >= 0.6 is 0 Å². The molecule has 2 aromatic heterocycles. The van der Waals surface area contributed by atoms with Gasteiger partial charge in [-0.05, 0) is 38.2 Å². The van der Waals surface area contributed by atoms with Crippen LogP contribution in [0.25, 0.3) is 11.4 Å². The number of nitrogens with zero attached hydrogens (tertiary/aromatic N) is 5. The molecular formula is C22H29N7O2. The van der Waals surface area contributed by atoms with Gasteiger partial charge in [0.05, 0.1) is 38.3 Å². The second-order valence-corrected chi connectivity index (χ2v) is 7.34. The van der Waals surface area contributed by atoms with Gasteiger partial charge in [0.2, 0.25) is 5.88 Å². The Morgan fingerprint density at radius 1 is 1.06 bits per heavy atom.